The number of phenols is 1. The number of rotatable bonds is 5. The van der Waals surface area contributed by atoms with Gasteiger partial charge in [0.25, 0.3) is 0 Å². The van der Waals surface area contributed by atoms with Crippen LogP contribution >= 0.6 is 0 Å². The Balaban J connectivity index is 1.91. The highest BCUT2D eigenvalue weighted by atomic mass is 16.4. The first-order valence-corrected chi connectivity index (χ1v) is 5.86. The van der Waals surface area contributed by atoms with E-state index in [-0.39, 0.29) is 24.0 Å². The SMILES string of the molecule is O=C(Cc1ccc(O)cc1)NC(C(=O)O)C1CC1. The fourth-order valence-corrected chi connectivity index (χ4v) is 1.83. The lowest BCUT2D eigenvalue weighted by atomic mass is 10.1. The van der Waals surface area contributed by atoms with E-state index in [0.717, 1.165) is 18.4 Å². The van der Waals surface area contributed by atoms with Crippen LogP contribution in [0.25, 0.3) is 0 Å². The summed E-state index contributed by atoms with van der Waals surface area (Å²) in [5.74, 6) is -1.07. The minimum Gasteiger partial charge on any atom is -0.508 e. The highest BCUT2D eigenvalue weighted by Gasteiger charge is 2.37. The Hall–Kier alpha value is -2.04. The Morgan fingerprint density at radius 3 is 2.39 bits per heavy atom. The molecule has 0 bridgehead atoms. The number of nitrogens with one attached hydrogen (secondary N) is 1. The minimum atomic E-state index is -0.975. The number of carbonyl (C=O) groups is 2. The zero-order valence-electron chi connectivity index (χ0n) is 9.80. The molecule has 3 N–H and O–H groups in total. The molecule has 1 aromatic rings. The van der Waals surface area contributed by atoms with Crippen LogP contribution in [0.15, 0.2) is 24.3 Å². The van der Waals surface area contributed by atoms with Crippen molar-refractivity contribution in [2.45, 2.75) is 25.3 Å². The van der Waals surface area contributed by atoms with Crippen LogP contribution in [0.2, 0.25) is 0 Å². The molecule has 96 valence electrons. The second-order valence-corrected chi connectivity index (χ2v) is 4.56. The van der Waals surface area contributed by atoms with Gasteiger partial charge < -0.3 is 15.5 Å². The second-order valence-electron chi connectivity index (χ2n) is 4.56. The number of carboxylic acid groups (broad SMARTS) is 1. The molecule has 1 saturated carbocycles. The summed E-state index contributed by atoms with van der Waals surface area (Å²) < 4.78 is 0. The minimum absolute atomic E-state index is 0.0752. The highest BCUT2D eigenvalue weighted by molar-refractivity contribution is 5.85. The standard InChI is InChI=1S/C13H15NO4/c15-10-5-1-8(2-6-10)7-11(16)14-12(13(17)18)9-3-4-9/h1-2,5-6,9,12,15H,3-4,7H2,(H,14,16)(H,17,18). The van der Waals surface area contributed by atoms with Crippen molar-refractivity contribution in [3.05, 3.63) is 29.8 Å². The number of carboxylic acids is 1. The first kappa shape index (κ1) is 12.4. The molecule has 0 heterocycles. The van der Waals surface area contributed by atoms with E-state index in [1.807, 2.05) is 0 Å². The third-order valence-corrected chi connectivity index (χ3v) is 2.98. The molecule has 1 aliphatic carbocycles. The highest BCUT2D eigenvalue weighted by Crippen LogP contribution is 2.32. The van der Waals surface area contributed by atoms with Gasteiger partial charge in [-0.2, -0.15) is 0 Å². The van der Waals surface area contributed by atoms with Gasteiger partial charge in [-0.15, -0.1) is 0 Å². The van der Waals surface area contributed by atoms with Crippen molar-refractivity contribution in [1.29, 1.82) is 0 Å². The van der Waals surface area contributed by atoms with Crippen molar-refractivity contribution in [2.24, 2.45) is 5.92 Å². The van der Waals surface area contributed by atoms with Crippen LogP contribution in [-0.4, -0.2) is 28.1 Å². The zero-order chi connectivity index (χ0) is 13.1. The summed E-state index contributed by atoms with van der Waals surface area (Å²) in [7, 11) is 0. The first-order chi connectivity index (χ1) is 8.56. The lowest BCUT2D eigenvalue weighted by Crippen LogP contribution is -2.43. The number of hydrogen-bond donors (Lipinski definition) is 3. The van der Waals surface area contributed by atoms with E-state index in [1.165, 1.54) is 12.1 Å². The smallest absolute Gasteiger partial charge is 0.326 e. The molecular weight excluding hydrogens is 234 g/mol. The van der Waals surface area contributed by atoms with Gasteiger partial charge in [0.15, 0.2) is 0 Å². The van der Waals surface area contributed by atoms with Crippen molar-refractivity contribution in [3.8, 4) is 5.75 Å². The average molecular weight is 249 g/mol. The van der Waals surface area contributed by atoms with E-state index in [0.29, 0.717) is 0 Å². The molecule has 1 unspecified atom stereocenters. The molecule has 5 nitrogen and oxygen atoms in total. The Morgan fingerprint density at radius 2 is 1.89 bits per heavy atom. The van der Waals surface area contributed by atoms with Gasteiger partial charge in [0, 0.05) is 0 Å². The molecule has 1 atom stereocenters. The van der Waals surface area contributed by atoms with Crippen molar-refractivity contribution in [2.75, 3.05) is 0 Å². The molecule has 1 aromatic carbocycles. The summed E-state index contributed by atoms with van der Waals surface area (Å²) in [4.78, 5) is 22.7. The van der Waals surface area contributed by atoms with Crippen LogP contribution in [0.3, 0.4) is 0 Å². The lowest BCUT2D eigenvalue weighted by Gasteiger charge is -2.13. The van der Waals surface area contributed by atoms with Gasteiger partial charge in [-0.3, -0.25) is 4.79 Å². The van der Waals surface area contributed by atoms with Crippen LogP contribution in [0, 0.1) is 5.92 Å². The van der Waals surface area contributed by atoms with Gasteiger partial charge in [-0.25, -0.2) is 4.79 Å². The number of aromatic hydroxyl groups is 1. The summed E-state index contributed by atoms with van der Waals surface area (Å²) in [5, 5.41) is 20.6. The normalized spacial score (nSPS) is 16.0. The Labute approximate surface area is 104 Å². The maximum atomic E-state index is 11.7. The zero-order valence-corrected chi connectivity index (χ0v) is 9.80. The largest absolute Gasteiger partial charge is 0.508 e. The first-order valence-electron chi connectivity index (χ1n) is 5.86. The summed E-state index contributed by atoms with van der Waals surface area (Å²) in [6, 6.07) is 5.51. The van der Waals surface area contributed by atoms with Gasteiger partial charge in [-0.05, 0) is 36.5 Å². The molecule has 0 radical (unpaired) electrons. The van der Waals surface area contributed by atoms with Gasteiger partial charge >= 0.3 is 5.97 Å². The summed E-state index contributed by atoms with van der Waals surface area (Å²) in [5.41, 5.74) is 0.741. The van der Waals surface area contributed by atoms with Crippen LogP contribution in [0.4, 0.5) is 0 Å². The maximum absolute atomic E-state index is 11.7. The summed E-state index contributed by atoms with van der Waals surface area (Å²) >= 11 is 0. The number of aliphatic carboxylic acids is 1. The van der Waals surface area contributed by atoms with Gasteiger partial charge in [0.1, 0.15) is 11.8 Å². The fourth-order valence-electron chi connectivity index (χ4n) is 1.83. The van der Waals surface area contributed by atoms with E-state index in [1.54, 1.807) is 12.1 Å². The molecule has 2 rings (SSSR count). The quantitative estimate of drug-likeness (QED) is 0.724. The number of phenolic OH excluding ortho intramolecular Hbond substituents is 1. The Kier molecular flexibility index (Phi) is 3.50. The molecule has 5 heteroatoms. The van der Waals surface area contributed by atoms with Crippen LogP contribution in [-0.2, 0) is 16.0 Å². The molecule has 0 aliphatic heterocycles. The van der Waals surface area contributed by atoms with Crippen molar-refractivity contribution in [1.82, 2.24) is 5.32 Å². The van der Waals surface area contributed by atoms with Crippen molar-refractivity contribution in [3.63, 3.8) is 0 Å². The number of carbonyl (C=O) groups excluding carboxylic acids is 1. The van der Waals surface area contributed by atoms with E-state index in [9.17, 15) is 9.59 Å². The summed E-state index contributed by atoms with van der Waals surface area (Å²) in [6.45, 7) is 0. The molecule has 1 amide bonds. The van der Waals surface area contributed by atoms with Gasteiger partial charge in [-0.1, -0.05) is 12.1 Å². The topological polar surface area (TPSA) is 86.6 Å². The van der Waals surface area contributed by atoms with Crippen molar-refractivity contribution < 1.29 is 19.8 Å². The number of hydrogen-bond acceptors (Lipinski definition) is 3. The fraction of sp³-hybridized carbons (Fsp3) is 0.385. The van der Waals surface area contributed by atoms with Crippen LogP contribution in [0.1, 0.15) is 18.4 Å². The average Bonchev–Trinajstić information content (AvgIpc) is 3.13. The van der Waals surface area contributed by atoms with Gasteiger partial charge in [0.2, 0.25) is 5.91 Å². The number of amides is 1. The predicted molar refractivity (Wildman–Crippen MR) is 64.1 cm³/mol. The molecule has 18 heavy (non-hydrogen) atoms. The van der Waals surface area contributed by atoms with Crippen molar-refractivity contribution >= 4 is 11.9 Å². The Bertz CT molecular complexity index is 451. The van der Waals surface area contributed by atoms with E-state index in [4.69, 9.17) is 10.2 Å². The number of benzene rings is 1. The Morgan fingerprint density at radius 1 is 1.28 bits per heavy atom. The third kappa shape index (κ3) is 3.23. The molecular formula is C13H15NO4. The van der Waals surface area contributed by atoms with Crippen LogP contribution < -0.4 is 5.32 Å². The van der Waals surface area contributed by atoms with Crippen LogP contribution in [0.5, 0.6) is 5.75 Å². The molecule has 1 fully saturated rings. The molecule has 0 aromatic heterocycles. The van der Waals surface area contributed by atoms with Gasteiger partial charge in [0.05, 0.1) is 6.42 Å². The lowest BCUT2D eigenvalue weighted by molar-refractivity contribution is -0.142. The molecule has 0 saturated heterocycles. The summed E-state index contributed by atoms with van der Waals surface area (Å²) in [6.07, 6.45) is 1.84. The van der Waals surface area contributed by atoms with E-state index in [2.05, 4.69) is 5.32 Å². The molecule has 0 spiro atoms. The molecule has 1 aliphatic rings. The van der Waals surface area contributed by atoms with E-state index < -0.39 is 12.0 Å². The third-order valence-electron chi connectivity index (χ3n) is 2.98. The predicted octanol–water partition coefficient (Wildman–Crippen LogP) is 0.914. The van der Waals surface area contributed by atoms with E-state index >= 15 is 0 Å². The monoisotopic (exact) mass is 249 g/mol. The second kappa shape index (κ2) is 5.08. The maximum Gasteiger partial charge on any atom is 0.326 e.